The van der Waals surface area contributed by atoms with Gasteiger partial charge in [-0.15, -0.1) is 21.5 Å². The number of thioether (sulfide) groups is 1. The van der Waals surface area contributed by atoms with Crippen LogP contribution in [0.1, 0.15) is 16.3 Å². The van der Waals surface area contributed by atoms with Crippen LogP contribution in [0.25, 0.3) is 10.8 Å². The van der Waals surface area contributed by atoms with Crippen molar-refractivity contribution in [1.29, 1.82) is 0 Å². The maximum Gasteiger partial charge on any atom is 0.277 e. The SMILES string of the molecule is Cc1nc(C)c(-c2nnc(SCC(=O)N(C)Cc3ccc(F)cc3)o2)s1. The molecule has 26 heavy (non-hydrogen) atoms. The number of rotatable bonds is 6. The van der Waals surface area contributed by atoms with E-state index in [1.54, 1.807) is 24.1 Å². The Bertz CT molecular complexity index is 908. The summed E-state index contributed by atoms with van der Waals surface area (Å²) in [5.41, 5.74) is 1.71. The van der Waals surface area contributed by atoms with Gasteiger partial charge in [0.2, 0.25) is 5.91 Å². The third-order valence-corrected chi connectivity index (χ3v) is 5.45. The molecule has 2 aromatic heterocycles. The lowest BCUT2D eigenvalue weighted by Crippen LogP contribution is -2.27. The summed E-state index contributed by atoms with van der Waals surface area (Å²) in [4.78, 5) is 19.0. The van der Waals surface area contributed by atoms with Crippen molar-refractivity contribution in [3.8, 4) is 10.8 Å². The molecule has 6 nitrogen and oxygen atoms in total. The molecule has 9 heteroatoms. The van der Waals surface area contributed by atoms with E-state index in [0.717, 1.165) is 21.1 Å². The molecular formula is C17H17FN4O2S2. The number of amides is 1. The topological polar surface area (TPSA) is 72.1 Å². The second kappa shape index (κ2) is 7.96. The molecule has 0 bridgehead atoms. The van der Waals surface area contributed by atoms with Crippen LogP contribution in [0.2, 0.25) is 0 Å². The molecule has 0 spiro atoms. The van der Waals surface area contributed by atoms with E-state index >= 15 is 0 Å². The van der Waals surface area contributed by atoms with Gasteiger partial charge in [-0.25, -0.2) is 9.37 Å². The Morgan fingerprint density at radius 2 is 2.00 bits per heavy atom. The number of carbonyl (C=O) groups is 1. The molecule has 0 unspecified atom stereocenters. The minimum Gasteiger partial charge on any atom is -0.410 e. The second-order valence-corrected chi connectivity index (χ2v) is 7.82. The third-order valence-electron chi connectivity index (χ3n) is 3.58. The number of aromatic nitrogens is 3. The van der Waals surface area contributed by atoms with Crippen molar-refractivity contribution >= 4 is 29.0 Å². The summed E-state index contributed by atoms with van der Waals surface area (Å²) in [6.07, 6.45) is 0. The number of hydrogen-bond acceptors (Lipinski definition) is 7. The molecule has 0 aliphatic rings. The third kappa shape index (κ3) is 4.47. The van der Waals surface area contributed by atoms with Crippen LogP contribution in [0.15, 0.2) is 33.9 Å². The van der Waals surface area contributed by atoms with E-state index in [9.17, 15) is 9.18 Å². The zero-order chi connectivity index (χ0) is 18.7. The Balaban J connectivity index is 1.56. The highest BCUT2D eigenvalue weighted by Crippen LogP contribution is 2.30. The molecule has 3 aromatic rings. The van der Waals surface area contributed by atoms with Crippen LogP contribution in [0.5, 0.6) is 0 Å². The lowest BCUT2D eigenvalue weighted by atomic mass is 10.2. The van der Waals surface area contributed by atoms with Crippen LogP contribution in [0.4, 0.5) is 4.39 Å². The predicted octanol–water partition coefficient (Wildman–Crippen LogP) is 3.70. The van der Waals surface area contributed by atoms with Crippen LogP contribution >= 0.6 is 23.1 Å². The van der Waals surface area contributed by atoms with E-state index in [2.05, 4.69) is 15.2 Å². The fourth-order valence-electron chi connectivity index (χ4n) is 2.28. The molecule has 1 aromatic carbocycles. The average Bonchev–Trinajstić information content (AvgIpc) is 3.20. The molecule has 0 saturated carbocycles. The molecule has 0 aliphatic heterocycles. The first-order valence-corrected chi connectivity index (χ1v) is 9.61. The molecule has 3 rings (SSSR count). The number of hydrogen-bond donors (Lipinski definition) is 0. The highest BCUT2D eigenvalue weighted by molar-refractivity contribution is 7.99. The largest absolute Gasteiger partial charge is 0.410 e. The highest BCUT2D eigenvalue weighted by Gasteiger charge is 2.17. The van der Waals surface area contributed by atoms with Gasteiger partial charge in [0.25, 0.3) is 11.1 Å². The van der Waals surface area contributed by atoms with Gasteiger partial charge in [-0.1, -0.05) is 23.9 Å². The number of carbonyl (C=O) groups excluding carboxylic acids is 1. The molecule has 0 aliphatic carbocycles. The van der Waals surface area contributed by atoms with E-state index in [0.29, 0.717) is 17.7 Å². The zero-order valence-corrected chi connectivity index (χ0v) is 16.2. The van der Waals surface area contributed by atoms with Crippen molar-refractivity contribution in [3.05, 3.63) is 46.3 Å². The Labute approximate surface area is 158 Å². The lowest BCUT2D eigenvalue weighted by Gasteiger charge is -2.16. The summed E-state index contributed by atoms with van der Waals surface area (Å²) in [5.74, 6) is 0.225. The Morgan fingerprint density at radius 1 is 1.27 bits per heavy atom. The monoisotopic (exact) mass is 392 g/mol. The summed E-state index contributed by atoms with van der Waals surface area (Å²) in [7, 11) is 1.70. The van der Waals surface area contributed by atoms with Gasteiger partial charge >= 0.3 is 0 Å². The quantitative estimate of drug-likeness (QED) is 0.596. The molecule has 0 N–H and O–H groups in total. The normalized spacial score (nSPS) is 10.9. The fourth-order valence-corrected chi connectivity index (χ4v) is 3.82. The molecule has 0 fully saturated rings. The summed E-state index contributed by atoms with van der Waals surface area (Å²) in [5, 5.41) is 9.29. The number of halogens is 1. The van der Waals surface area contributed by atoms with Gasteiger partial charge in [0, 0.05) is 13.6 Å². The highest BCUT2D eigenvalue weighted by atomic mass is 32.2. The van der Waals surface area contributed by atoms with Crippen LogP contribution < -0.4 is 0 Å². The van der Waals surface area contributed by atoms with Crippen molar-refractivity contribution in [2.24, 2.45) is 0 Å². The Kier molecular flexibility index (Phi) is 5.67. The molecular weight excluding hydrogens is 375 g/mol. The molecule has 1 amide bonds. The standard InChI is InChI=1S/C17H17FN4O2S2/c1-10-15(26-11(2)19-10)16-20-21-17(24-16)25-9-14(23)22(3)8-12-4-6-13(18)7-5-12/h4-7H,8-9H2,1-3H3. The van der Waals surface area contributed by atoms with Gasteiger partial charge in [-0.05, 0) is 31.5 Å². The fraction of sp³-hybridized carbons (Fsp3) is 0.294. The van der Waals surface area contributed by atoms with Gasteiger partial charge in [0.15, 0.2) is 0 Å². The Morgan fingerprint density at radius 3 is 2.65 bits per heavy atom. The van der Waals surface area contributed by atoms with E-state index < -0.39 is 0 Å². The maximum atomic E-state index is 12.9. The summed E-state index contributed by atoms with van der Waals surface area (Å²) < 4.78 is 18.6. The van der Waals surface area contributed by atoms with Gasteiger partial charge in [0.05, 0.1) is 16.5 Å². The predicted molar refractivity (Wildman–Crippen MR) is 98.5 cm³/mol. The second-order valence-electron chi connectivity index (χ2n) is 5.69. The van der Waals surface area contributed by atoms with Crippen molar-refractivity contribution in [3.63, 3.8) is 0 Å². The molecule has 2 heterocycles. The molecule has 136 valence electrons. The molecule has 0 atom stereocenters. The van der Waals surface area contributed by atoms with E-state index in [-0.39, 0.29) is 17.5 Å². The van der Waals surface area contributed by atoms with Crippen LogP contribution in [-0.2, 0) is 11.3 Å². The maximum absolute atomic E-state index is 12.9. The van der Waals surface area contributed by atoms with Gasteiger partial charge in [-0.2, -0.15) is 0 Å². The number of aryl methyl sites for hydroxylation is 2. The average molecular weight is 392 g/mol. The van der Waals surface area contributed by atoms with Crippen molar-refractivity contribution < 1.29 is 13.6 Å². The van der Waals surface area contributed by atoms with Crippen LogP contribution in [-0.4, -0.2) is 38.8 Å². The van der Waals surface area contributed by atoms with Crippen molar-refractivity contribution in [2.45, 2.75) is 25.6 Å². The molecule has 0 saturated heterocycles. The number of thiazole rings is 1. The summed E-state index contributed by atoms with van der Waals surface area (Å²) in [6, 6.07) is 6.09. The van der Waals surface area contributed by atoms with E-state index in [1.807, 2.05) is 13.8 Å². The van der Waals surface area contributed by atoms with Crippen molar-refractivity contribution in [2.75, 3.05) is 12.8 Å². The van der Waals surface area contributed by atoms with E-state index in [1.165, 1.54) is 35.2 Å². The van der Waals surface area contributed by atoms with E-state index in [4.69, 9.17) is 4.42 Å². The minimum absolute atomic E-state index is 0.0797. The van der Waals surface area contributed by atoms with Crippen LogP contribution in [0, 0.1) is 19.7 Å². The number of nitrogens with zero attached hydrogens (tertiary/aromatic N) is 4. The first kappa shape index (κ1) is 18.5. The van der Waals surface area contributed by atoms with Gasteiger partial charge in [0.1, 0.15) is 10.7 Å². The van der Waals surface area contributed by atoms with Crippen molar-refractivity contribution in [1.82, 2.24) is 20.1 Å². The van der Waals surface area contributed by atoms with Gasteiger partial charge < -0.3 is 9.32 Å². The summed E-state index contributed by atoms with van der Waals surface area (Å²) >= 11 is 2.68. The smallest absolute Gasteiger partial charge is 0.277 e. The van der Waals surface area contributed by atoms with Crippen LogP contribution in [0.3, 0.4) is 0 Å². The van der Waals surface area contributed by atoms with Gasteiger partial charge in [-0.3, -0.25) is 4.79 Å². The Hall–Kier alpha value is -2.26. The molecule has 0 radical (unpaired) electrons. The first-order valence-electron chi connectivity index (χ1n) is 7.81. The number of benzene rings is 1. The first-order chi connectivity index (χ1) is 12.4. The minimum atomic E-state index is -0.295. The lowest BCUT2D eigenvalue weighted by molar-refractivity contribution is -0.127. The summed E-state index contributed by atoms with van der Waals surface area (Å²) in [6.45, 7) is 4.22. The zero-order valence-electron chi connectivity index (χ0n) is 14.5.